The highest BCUT2D eigenvalue weighted by molar-refractivity contribution is 7.21. The van der Waals surface area contributed by atoms with Gasteiger partial charge in [0.25, 0.3) is 0 Å². The van der Waals surface area contributed by atoms with E-state index < -0.39 is 0 Å². The summed E-state index contributed by atoms with van der Waals surface area (Å²) in [5, 5.41) is 1.14. The summed E-state index contributed by atoms with van der Waals surface area (Å²) in [5.74, 6) is 0.572. The highest BCUT2D eigenvalue weighted by atomic mass is 32.1. The summed E-state index contributed by atoms with van der Waals surface area (Å²) in [6.45, 7) is 4.52. The van der Waals surface area contributed by atoms with Crippen LogP contribution in [0.15, 0.2) is 48.5 Å². The predicted molar refractivity (Wildman–Crippen MR) is 83.8 cm³/mol. The number of fused-ring (bicyclic) bond motifs is 1. The van der Waals surface area contributed by atoms with Crippen molar-refractivity contribution in [3.63, 3.8) is 0 Å². The Kier molecular flexibility index (Phi) is 3.34. The van der Waals surface area contributed by atoms with Gasteiger partial charge in [0.05, 0.1) is 10.2 Å². The predicted octanol–water partition coefficient (Wildman–Crippen LogP) is 5.48. The molecule has 2 aromatic carbocycles. The van der Waals surface area contributed by atoms with E-state index in [1.807, 2.05) is 6.07 Å². The number of rotatable bonds is 3. The fourth-order valence-electron chi connectivity index (χ4n) is 2.33. The van der Waals surface area contributed by atoms with E-state index in [9.17, 15) is 0 Å². The first-order valence-corrected chi connectivity index (χ1v) is 7.56. The Morgan fingerprint density at radius 1 is 1.05 bits per heavy atom. The van der Waals surface area contributed by atoms with Crippen LogP contribution in [0.25, 0.3) is 20.8 Å². The lowest BCUT2D eigenvalue weighted by atomic mass is 9.94. The Labute approximate surface area is 117 Å². The number of thiazole rings is 1. The fraction of sp³-hybridized carbons (Fsp3) is 0.235. The van der Waals surface area contributed by atoms with Crippen LogP contribution >= 0.6 is 11.3 Å². The molecule has 1 aromatic heterocycles. The average molecular weight is 267 g/mol. The van der Waals surface area contributed by atoms with Crippen LogP contribution in [0.2, 0.25) is 0 Å². The molecule has 1 nitrogen and oxygen atoms in total. The summed E-state index contributed by atoms with van der Waals surface area (Å²) in [4.78, 5) is 4.78. The lowest BCUT2D eigenvalue weighted by Crippen LogP contribution is -1.94. The van der Waals surface area contributed by atoms with Gasteiger partial charge in [-0.05, 0) is 30.0 Å². The number of aromatic nitrogens is 1. The SMILES string of the molecule is CCC(C)c1ccccc1-c1nc2ccccc2s1. The minimum atomic E-state index is 0.572. The highest BCUT2D eigenvalue weighted by Gasteiger charge is 2.13. The van der Waals surface area contributed by atoms with Crippen molar-refractivity contribution < 1.29 is 0 Å². The number of hydrogen-bond acceptors (Lipinski definition) is 2. The Morgan fingerprint density at radius 2 is 1.79 bits per heavy atom. The molecule has 19 heavy (non-hydrogen) atoms. The molecule has 0 saturated carbocycles. The molecule has 1 heterocycles. The largest absolute Gasteiger partial charge is 0.236 e. The van der Waals surface area contributed by atoms with E-state index in [4.69, 9.17) is 4.98 Å². The molecule has 0 bridgehead atoms. The molecule has 0 spiro atoms. The zero-order chi connectivity index (χ0) is 13.2. The third kappa shape index (κ3) is 2.28. The van der Waals surface area contributed by atoms with Crippen molar-refractivity contribution in [3.8, 4) is 10.6 Å². The maximum atomic E-state index is 4.78. The van der Waals surface area contributed by atoms with Crippen LogP contribution in [0, 0.1) is 0 Å². The van der Waals surface area contributed by atoms with Crippen LogP contribution in [0.1, 0.15) is 31.7 Å². The Bertz CT molecular complexity index is 666. The van der Waals surface area contributed by atoms with Gasteiger partial charge in [-0.3, -0.25) is 0 Å². The second-order valence-corrected chi connectivity index (χ2v) is 5.91. The Balaban J connectivity index is 2.15. The van der Waals surface area contributed by atoms with Crippen molar-refractivity contribution in [1.29, 1.82) is 0 Å². The molecule has 1 atom stereocenters. The van der Waals surface area contributed by atoms with E-state index in [1.165, 1.54) is 15.8 Å². The van der Waals surface area contributed by atoms with Gasteiger partial charge in [-0.2, -0.15) is 0 Å². The molecule has 0 saturated heterocycles. The first-order chi connectivity index (χ1) is 9.29. The van der Waals surface area contributed by atoms with Gasteiger partial charge in [-0.25, -0.2) is 4.98 Å². The standard InChI is InChI=1S/C17H17NS/c1-3-12(2)13-8-4-5-9-14(13)17-18-15-10-6-7-11-16(15)19-17/h4-12H,3H2,1-2H3. The van der Waals surface area contributed by atoms with Crippen molar-refractivity contribution in [2.45, 2.75) is 26.2 Å². The van der Waals surface area contributed by atoms with E-state index in [0.29, 0.717) is 5.92 Å². The summed E-state index contributed by atoms with van der Waals surface area (Å²) >= 11 is 1.78. The topological polar surface area (TPSA) is 12.9 Å². The van der Waals surface area contributed by atoms with Crippen molar-refractivity contribution in [1.82, 2.24) is 4.98 Å². The lowest BCUT2D eigenvalue weighted by Gasteiger charge is -2.12. The molecule has 0 radical (unpaired) electrons. The van der Waals surface area contributed by atoms with Crippen LogP contribution in [0.5, 0.6) is 0 Å². The van der Waals surface area contributed by atoms with Crippen molar-refractivity contribution in [2.75, 3.05) is 0 Å². The van der Waals surface area contributed by atoms with E-state index in [0.717, 1.165) is 16.9 Å². The van der Waals surface area contributed by atoms with Crippen LogP contribution in [-0.4, -0.2) is 4.98 Å². The molecule has 3 rings (SSSR count). The first kappa shape index (κ1) is 12.4. The van der Waals surface area contributed by atoms with Crippen molar-refractivity contribution >= 4 is 21.6 Å². The Morgan fingerprint density at radius 3 is 2.58 bits per heavy atom. The molecular formula is C17H17NS. The summed E-state index contributed by atoms with van der Waals surface area (Å²) in [6.07, 6.45) is 1.15. The quantitative estimate of drug-likeness (QED) is 0.612. The van der Waals surface area contributed by atoms with Crippen LogP contribution in [0.4, 0.5) is 0 Å². The molecule has 0 amide bonds. The monoisotopic (exact) mass is 267 g/mol. The molecule has 0 aliphatic rings. The summed E-state index contributed by atoms with van der Waals surface area (Å²) < 4.78 is 1.26. The molecule has 3 aromatic rings. The minimum Gasteiger partial charge on any atom is -0.236 e. The van der Waals surface area contributed by atoms with Crippen LogP contribution in [0.3, 0.4) is 0 Å². The first-order valence-electron chi connectivity index (χ1n) is 6.74. The summed E-state index contributed by atoms with van der Waals surface area (Å²) in [7, 11) is 0. The molecule has 0 aliphatic heterocycles. The molecule has 2 heteroatoms. The maximum Gasteiger partial charge on any atom is 0.124 e. The normalized spacial score (nSPS) is 12.7. The smallest absolute Gasteiger partial charge is 0.124 e. The summed E-state index contributed by atoms with van der Waals surface area (Å²) in [5.41, 5.74) is 3.79. The van der Waals surface area contributed by atoms with Crippen molar-refractivity contribution in [2.24, 2.45) is 0 Å². The minimum absolute atomic E-state index is 0.572. The lowest BCUT2D eigenvalue weighted by molar-refractivity contribution is 0.735. The zero-order valence-electron chi connectivity index (χ0n) is 11.3. The number of nitrogens with zero attached hydrogens (tertiary/aromatic N) is 1. The maximum absolute atomic E-state index is 4.78. The van der Waals surface area contributed by atoms with Gasteiger partial charge in [0.1, 0.15) is 5.01 Å². The molecule has 0 fully saturated rings. The number of hydrogen-bond donors (Lipinski definition) is 0. The van der Waals surface area contributed by atoms with Gasteiger partial charge >= 0.3 is 0 Å². The molecule has 0 N–H and O–H groups in total. The van der Waals surface area contributed by atoms with Crippen LogP contribution < -0.4 is 0 Å². The molecular weight excluding hydrogens is 250 g/mol. The molecule has 1 unspecified atom stereocenters. The third-order valence-corrected chi connectivity index (χ3v) is 4.70. The average Bonchev–Trinajstić information content (AvgIpc) is 2.90. The molecule has 96 valence electrons. The summed E-state index contributed by atoms with van der Waals surface area (Å²) in [6, 6.07) is 17.0. The van der Waals surface area contributed by atoms with Crippen LogP contribution in [-0.2, 0) is 0 Å². The number of para-hydroxylation sites is 1. The van der Waals surface area contributed by atoms with E-state index in [1.54, 1.807) is 11.3 Å². The second-order valence-electron chi connectivity index (χ2n) is 4.88. The van der Waals surface area contributed by atoms with Gasteiger partial charge in [-0.1, -0.05) is 50.2 Å². The van der Waals surface area contributed by atoms with Crippen molar-refractivity contribution in [3.05, 3.63) is 54.1 Å². The zero-order valence-corrected chi connectivity index (χ0v) is 12.1. The van der Waals surface area contributed by atoms with E-state index >= 15 is 0 Å². The van der Waals surface area contributed by atoms with E-state index in [2.05, 4.69) is 56.3 Å². The number of benzene rings is 2. The van der Waals surface area contributed by atoms with Gasteiger partial charge < -0.3 is 0 Å². The fourth-order valence-corrected chi connectivity index (χ4v) is 3.34. The Hall–Kier alpha value is -1.67. The van der Waals surface area contributed by atoms with Gasteiger partial charge in [0.2, 0.25) is 0 Å². The highest BCUT2D eigenvalue weighted by Crippen LogP contribution is 2.35. The van der Waals surface area contributed by atoms with Gasteiger partial charge in [0.15, 0.2) is 0 Å². The van der Waals surface area contributed by atoms with Gasteiger partial charge in [-0.15, -0.1) is 11.3 Å². The second kappa shape index (κ2) is 5.14. The molecule has 0 aliphatic carbocycles. The third-order valence-electron chi connectivity index (χ3n) is 3.63. The van der Waals surface area contributed by atoms with E-state index in [-0.39, 0.29) is 0 Å². The van der Waals surface area contributed by atoms with Gasteiger partial charge in [0, 0.05) is 5.56 Å².